The number of hydrogen-bond donors (Lipinski definition) is 0. The zero-order valence-electron chi connectivity index (χ0n) is 8.63. The van der Waals surface area contributed by atoms with Crippen LogP contribution in [0.3, 0.4) is 0 Å². The summed E-state index contributed by atoms with van der Waals surface area (Å²) in [6.07, 6.45) is 5.11. The van der Waals surface area contributed by atoms with Gasteiger partial charge in [-0.05, 0) is 24.3 Å². The van der Waals surface area contributed by atoms with Gasteiger partial charge in [0.1, 0.15) is 0 Å². The maximum atomic E-state index is 10.9. The summed E-state index contributed by atoms with van der Waals surface area (Å²) in [7, 11) is -3.19. The van der Waals surface area contributed by atoms with Gasteiger partial charge in [0.25, 0.3) is 0 Å². The van der Waals surface area contributed by atoms with Gasteiger partial charge in [-0.2, -0.15) is 0 Å². The summed E-state index contributed by atoms with van der Waals surface area (Å²) in [5.41, 5.74) is 1.36. The topological polar surface area (TPSA) is 59.9 Å². The van der Waals surface area contributed by atoms with Gasteiger partial charge in [-0.1, -0.05) is 0 Å². The summed E-state index contributed by atoms with van der Waals surface area (Å²) < 4.78 is 21.8. The van der Waals surface area contributed by atoms with Crippen molar-refractivity contribution < 1.29 is 8.42 Å². The number of sulfone groups is 1. The summed E-state index contributed by atoms with van der Waals surface area (Å²) in [5, 5.41) is 0.948. The van der Waals surface area contributed by atoms with Crippen LogP contribution < -0.4 is 0 Å². The second-order valence-corrected chi connectivity index (χ2v) is 5.45. The van der Waals surface area contributed by atoms with Crippen LogP contribution >= 0.6 is 0 Å². The molecular weight excluding hydrogens is 224 g/mol. The van der Waals surface area contributed by atoms with Gasteiger partial charge in [-0.25, -0.2) is 18.4 Å². The lowest BCUT2D eigenvalue weighted by molar-refractivity contribution is 0.603. The van der Waals surface area contributed by atoms with Gasteiger partial charge < -0.3 is 0 Å². The lowest BCUT2D eigenvalue weighted by atomic mass is 10.2. The number of aromatic nitrogens is 2. The summed E-state index contributed by atoms with van der Waals surface area (Å²) >= 11 is 0. The van der Waals surface area contributed by atoms with Crippen LogP contribution in [0.2, 0.25) is 0 Å². The number of nitrogens with zero attached hydrogens (tertiary/aromatic N) is 2. The molecular formula is C11H11N2O2S. The molecule has 83 valence electrons. The number of fused-ring (bicyclic) bond motifs is 1. The molecule has 2 heterocycles. The normalized spacial score (nSPS) is 11.8. The van der Waals surface area contributed by atoms with E-state index >= 15 is 0 Å². The maximum absolute atomic E-state index is 10.9. The molecule has 2 rings (SSSR count). The van der Waals surface area contributed by atoms with Crippen molar-refractivity contribution in [3.63, 3.8) is 0 Å². The molecule has 0 aromatic carbocycles. The first-order valence-corrected chi connectivity index (χ1v) is 6.63. The van der Waals surface area contributed by atoms with Crippen molar-refractivity contribution in [1.29, 1.82) is 0 Å². The number of aryl methyl sites for hydroxylation is 1. The van der Waals surface area contributed by atoms with Gasteiger partial charge in [-0.15, -0.1) is 0 Å². The van der Waals surface area contributed by atoms with E-state index in [1.54, 1.807) is 6.20 Å². The fourth-order valence-corrected chi connectivity index (χ4v) is 1.91. The van der Waals surface area contributed by atoms with E-state index in [1.807, 2.05) is 24.3 Å². The van der Waals surface area contributed by atoms with Crippen LogP contribution in [-0.2, 0) is 16.3 Å². The first-order valence-electron chi connectivity index (χ1n) is 4.81. The van der Waals surface area contributed by atoms with Crippen molar-refractivity contribution in [3.8, 4) is 0 Å². The second kappa shape index (κ2) is 4.17. The van der Waals surface area contributed by atoms with Gasteiger partial charge in [0.15, 0.2) is 15.5 Å². The number of rotatable bonds is 3. The van der Waals surface area contributed by atoms with Crippen LogP contribution in [0.15, 0.2) is 30.5 Å². The molecule has 0 saturated heterocycles. The highest BCUT2D eigenvalue weighted by molar-refractivity contribution is 7.92. The summed E-state index contributed by atoms with van der Waals surface area (Å²) in [6.45, 7) is 0. The van der Waals surface area contributed by atoms with Gasteiger partial charge in [-0.3, -0.25) is 0 Å². The molecule has 16 heavy (non-hydrogen) atoms. The number of pyridine rings is 2. The van der Waals surface area contributed by atoms with Crippen LogP contribution in [-0.4, -0.2) is 24.1 Å². The van der Waals surface area contributed by atoms with Gasteiger partial charge in [0.2, 0.25) is 0 Å². The predicted molar refractivity (Wildman–Crippen MR) is 62.4 cm³/mol. The molecule has 4 nitrogen and oxygen atoms in total. The van der Waals surface area contributed by atoms with Crippen LogP contribution in [0.25, 0.3) is 11.0 Å². The van der Waals surface area contributed by atoms with Crippen LogP contribution in [0, 0.1) is 6.26 Å². The lowest BCUT2D eigenvalue weighted by Crippen LogP contribution is -2.05. The Bertz CT molecular complexity index is 608. The Balaban J connectivity index is 2.26. The zero-order chi connectivity index (χ0) is 11.6. The van der Waals surface area contributed by atoms with Crippen LogP contribution in [0.4, 0.5) is 0 Å². The van der Waals surface area contributed by atoms with Crippen molar-refractivity contribution in [2.24, 2.45) is 0 Å². The lowest BCUT2D eigenvalue weighted by Gasteiger charge is -2.01. The third kappa shape index (κ3) is 2.76. The van der Waals surface area contributed by atoms with Gasteiger partial charge >= 0.3 is 0 Å². The third-order valence-corrected chi connectivity index (χ3v) is 3.02. The first-order chi connectivity index (χ1) is 7.54. The summed E-state index contributed by atoms with van der Waals surface area (Å²) in [4.78, 5) is 8.39. The molecule has 0 atom stereocenters. The Morgan fingerprint density at radius 2 is 2.06 bits per heavy atom. The first kappa shape index (κ1) is 11.0. The van der Waals surface area contributed by atoms with E-state index in [-0.39, 0.29) is 5.75 Å². The predicted octanol–water partition coefficient (Wildman–Crippen LogP) is 1.38. The third-order valence-electron chi connectivity index (χ3n) is 2.19. The van der Waals surface area contributed by atoms with Crippen LogP contribution in [0.5, 0.6) is 0 Å². The minimum absolute atomic E-state index is 0.0122. The minimum Gasteiger partial charge on any atom is -0.237 e. The molecule has 0 spiro atoms. The Labute approximate surface area is 94.3 Å². The zero-order valence-corrected chi connectivity index (χ0v) is 9.44. The highest BCUT2D eigenvalue weighted by Crippen LogP contribution is 2.09. The van der Waals surface area contributed by atoms with E-state index in [1.165, 1.54) is 0 Å². The Morgan fingerprint density at radius 3 is 2.81 bits per heavy atom. The van der Waals surface area contributed by atoms with Crippen molar-refractivity contribution in [2.45, 2.75) is 6.42 Å². The highest BCUT2D eigenvalue weighted by Gasteiger charge is 2.05. The molecule has 1 radical (unpaired) electrons. The molecule has 0 aliphatic rings. The molecule has 0 aliphatic heterocycles. The largest absolute Gasteiger partial charge is 0.237 e. The van der Waals surface area contributed by atoms with E-state index in [9.17, 15) is 8.42 Å². The fourth-order valence-electron chi connectivity index (χ4n) is 1.39. The molecule has 0 unspecified atom stereocenters. The molecule has 2 aromatic rings. The molecule has 0 N–H and O–H groups in total. The second-order valence-electron chi connectivity index (χ2n) is 3.55. The Kier molecular flexibility index (Phi) is 2.87. The smallest absolute Gasteiger partial charge is 0.159 e. The van der Waals surface area contributed by atoms with Crippen molar-refractivity contribution in [3.05, 3.63) is 42.4 Å². The molecule has 0 fully saturated rings. The fraction of sp³-hybridized carbons (Fsp3) is 0.182. The standard InChI is InChI=1S/C11H11N2O2S/c1-16(14,15)8-6-10-5-4-9-3-2-7-12-11(9)13-10/h2-5,7H,1,6,8H2. The molecule has 5 heteroatoms. The SMILES string of the molecule is [CH2]S(=O)(=O)CCc1ccc2cccnc2n1. The van der Waals surface area contributed by atoms with E-state index in [0.717, 1.165) is 11.1 Å². The van der Waals surface area contributed by atoms with Crippen molar-refractivity contribution in [1.82, 2.24) is 9.97 Å². The van der Waals surface area contributed by atoms with Gasteiger partial charge in [0.05, 0.1) is 12.0 Å². The molecule has 2 aromatic heterocycles. The van der Waals surface area contributed by atoms with E-state index in [0.29, 0.717) is 12.1 Å². The Morgan fingerprint density at radius 1 is 1.25 bits per heavy atom. The quantitative estimate of drug-likeness (QED) is 0.806. The van der Waals surface area contributed by atoms with E-state index in [2.05, 4.69) is 16.2 Å². The van der Waals surface area contributed by atoms with Crippen molar-refractivity contribution >= 4 is 20.9 Å². The monoisotopic (exact) mass is 235 g/mol. The highest BCUT2D eigenvalue weighted by atomic mass is 32.2. The van der Waals surface area contributed by atoms with E-state index < -0.39 is 9.84 Å². The Hall–Kier alpha value is -1.49. The molecule has 0 saturated carbocycles. The molecule has 0 amide bonds. The molecule has 0 bridgehead atoms. The average Bonchev–Trinajstić information content (AvgIpc) is 2.25. The van der Waals surface area contributed by atoms with Crippen LogP contribution in [0.1, 0.15) is 5.69 Å². The number of hydrogen-bond acceptors (Lipinski definition) is 4. The summed E-state index contributed by atoms with van der Waals surface area (Å²) in [5.74, 6) is 0.0122. The molecule has 0 aliphatic carbocycles. The minimum atomic E-state index is -3.19. The summed E-state index contributed by atoms with van der Waals surface area (Å²) in [6, 6.07) is 7.46. The maximum Gasteiger partial charge on any atom is 0.159 e. The van der Waals surface area contributed by atoms with Crippen molar-refractivity contribution in [2.75, 3.05) is 5.75 Å². The average molecular weight is 235 g/mol. The van der Waals surface area contributed by atoms with Gasteiger partial charge in [0, 0.05) is 23.7 Å². The van der Waals surface area contributed by atoms with E-state index in [4.69, 9.17) is 0 Å².